The maximum Gasteiger partial charge on any atom is 0.420 e. The van der Waals surface area contributed by atoms with E-state index in [9.17, 15) is 22.8 Å². The summed E-state index contributed by atoms with van der Waals surface area (Å²) in [6.45, 7) is -0.138. The van der Waals surface area contributed by atoms with Gasteiger partial charge in [-0.15, -0.1) is 0 Å². The van der Waals surface area contributed by atoms with Gasteiger partial charge in [0.1, 0.15) is 6.54 Å². The van der Waals surface area contributed by atoms with E-state index in [1.807, 2.05) is 0 Å². The zero-order valence-electron chi connectivity index (χ0n) is 7.55. The summed E-state index contributed by atoms with van der Waals surface area (Å²) in [4.78, 5) is 22.5. The van der Waals surface area contributed by atoms with E-state index in [0.29, 0.717) is 6.92 Å². The Morgan fingerprint density at radius 3 is 2.40 bits per heavy atom. The number of carbonyl (C=O) groups excluding carboxylic acids is 2. The summed E-state index contributed by atoms with van der Waals surface area (Å²) in [7, 11) is 0. The molecule has 82 valence electrons. The van der Waals surface area contributed by atoms with E-state index < -0.39 is 30.2 Å². The molecule has 0 aromatic rings. The number of carbonyl (C=O) groups is 2. The topological polar surface area (TPSA) is 73.2 Å². The number of amides is 3. The van der Waals surface area contributed by atoms with Gasteiger partial charge < -0.3 is 5.32 Å². The van der Waals surface area contributed by atoms with Crippen molar-refractivity contribution in [3.63, 3.8) is 0 Å². The van der Waals surface area contributed by atoms with Gasteiger partial charge in [0.2, 0.25) is 5.54 Å². The second-order valence-corrected chi connectivity index (χ2v) is 3.10. The number of nitrogens with one attached hydrogen (secondary N) is 1. The normalized spacial score (nSPS) is 26.5. The van der Waals surface area contributed by atoms with Crippen LogP contribution in [0.2, 0.25) is 0 Å². The van der Waals surface area contributed by atoms with Crippen LogP contribution in [-0.4, -0.2) is 35.1 Å². The summed E-state index contributed by atoms with van der Waals surface area (Å²) < 4.78 is 37.3. The lowest BCUT2D eigenvalue weighted by Crippen LogP contribution is -2.56. The lowest BCUT2D eigenvalue weighted by atomic mass is 10.0. The molecule has 0 radical (unpaired) electrons. The number of rotatable bonds is 1. The molecule has 15 heavy (non-hydrogen) atoms. The van der Waals surface area contributed by atoms with Crippen LogP contribution in [0.4, 0.5) is 18.0 Å². The van der Waals surface area contributed by atoms with Crippen molar-refractivity contribution < 1.29 is 22.8 Å². The first-order valence-corrected chi connectivity index (χ1v) is 3.82. The molecule has 1 aliphatic rings. The second-order valence-electron chi connectivity index (χ2n) is 3.10. The van der Waals surface area contributed by atoms with Gasteiger partial charge in [-0.3, -0.25) is 4.79 Å². The Kier molecular flexibility index (Phi) is 2.35. The summed E-state index contributed by atoms with van der Waals surface area (Å²) in [6, 6.07) is 0.230. The highest BCUT2D eigenvalue weighted by molar-refractivity contribution is 6.07. The molecular formula is C7H6F3N3O2. The van der Waals surface area contributed by atoms with Crippen molar-refractivity contribution in [3.8, 4) is 6.07 Å². The highest BCUT2D eigenvalue weighted by atomic mass is 19.4. The van der Waals surface area contributed by atoms with E-state index in [1.54, 1.807) is 0 Å². The van der Waals surface area contributed by atoms with Gasteiger partial charge in [0.05, 0.1) is 6.07 Å². The fourth-order valence-corrected chi connectivity index (χ4v) is 1.10. The monoisotopic (exact) mass is 221 g/mol. The molecular weight excluding hydrogens is 215 g/mol. The van der Waals surface area contributed by atoms with Crippen LogP contribution in [0.15, 0.2) is 0 Å². The zero-order chi connectivity index (χ0) is 11.9. The summed E-state index contributed by atoms with van der Waals surface area (Å²) >= 11 is 0. The molecule has 0 saturated carbocycles. The Balaban J connectivity index is 3.06. The average Bonchev–Trinajstić information content (AvgIpc) is 2.29. The molecule has 1 aliphatic heterocycles. The maximum atomic E-state index is 12.4. The Hall–Kier alpha value is -1.78. The number of urea groups is 1. The minimum absolute atomic E-state index is 0.230. The highest BCUT2D eigenvalue weighted by Gasteiger charge is 2.64. The first kappa shape index (κ1) is 11.3. The van der Waals surface area contributed by atoms with Gasteiger partial charge in [0.15, 0.2) is 0 Å². The predicted octanol–water partition coefficient (Wildman–Crippen LogP) is 0.383. The van der Waals surface area contributed by atoms with Crippen LogP contribution < -0.4 is 5.32 Å². The van der Waals surface area contributed by atoms with Gasteiger partial charge in [0, 0.05) is 0 Å². The molecule has 0 aliphatic carbocycles. The van der Waals surface area contributed by atoms with Gasteiger partial charge >= 0.3 is 12.2 Å². The third kappa shape index (κ3) is 1.49. The summed E-state index contributed by atoms with van der Waals surface area (Å²) in [5.41, 5.74) is -2.93. The Morgan fingerprint density at radius 2 is 2.07 bits per heavy atom. The number of hydrogen-bond donors (Lipinski definition) is 1. The minimum atomic E-state index is -4.88. The highest BCUT2D eigenvalue weighted by Crippen LogP contribution is 2.34. The fraction of sp³-hybridized carbons (Fsp3) is 0.571. The molecule has 1 fully saturated rings. The average molecular weight is 221 g/mol. The molecule has 1 heterocycles. The minimum Gasteiger partial charge on any atom is -0.316 e. The Labute approximate surface area is 82.4 Å². The molecule has 3 amide bonds. The van der Waals surface area contributed by atoms with Crippen LogP contribution in [0.25, 0.3) is 0 Å². The van der Waals surface area contributed by atoms with Crippen molar-refractivity contribution in [3.05, 3.63) is 0 Å². The lowest BCUT2D eigenvalue weighted by Gasteiger charge is -2.23. The van der Waals surface area contributed by atoms with E-state index in [-0.39, 0.29) is 4.90 Å². The zero-order valence-corrected chi connectivity index (χ0v) is 7.55. The summed E-state index contributed by atoms with van der Waals surface area (Å²) in [5, 5.41) is 9.75. The third-order valence-corrected chi connectivity index (χ3v) is 2.07. The lowest BCUT2D eigenvalue weighted by molar-refractivity contribution is -0.190. The largest absolute Gasteiger partial charge is 0.420 e. The van der Waals surface area contributed by atoms with Crippen molar-refractivity contribution in [2.24, 2.45) is 0 Å². The van der Waals surface area contributed by atoms with Crippen molar-refractivity contribution in [1.82, 2.24) is 10.2 Å². The van der Waals surface area contributed by atoms with E-state index in [4.69, 9.17) is 5.26 Å². The Morgan fingerprint density at radius 1 is 1.53 bits per heavy atom. The van der Waals surface area contributed by atoms with E-state index in [0.717, 1.165) is 0 Å². The van der Waals surface area contributed by atoms with Gasteiger partial charge in [-0.25, -0.2) is 9.69 Å². The van der Waals surface area contributed by atoms with Crippen LogP contribution in [0.1, 0.15) is 6.92 Å². The SMILES string of the molecule is CC1(C(F)(F)F)NC(=O)N(CC#N)C1=O. The third-order valence-electron chi connectivity index (χ3n) is 2.07. The maximum absolute atomic E-state index is 12.4. The van der Waals surface area contributed by atoms with E-state index in [1.165, 1.54) is 11.4 Å². The molecule has 0 spiro atoms. The molecule has 0 aromatic carbocycles. The molecule has 0 bridgehead atoms. The van der Waals surface area contributed by atoms with E-state index >= 15 is 0 Å². The smallest absolute Gasteiger partial charge is 0.316 e. The van der Waals surface area contributed by atoms with Gasteiger partial charge in [-0.2, -0.15) is 18.4 Å². The Bertz CT molecular complexity index is 359. The number of hydrogen-bond acceptors (Lipinski definition) is 3. The number of halogens is 3. The van der Waals surface area contributed by atoms with Crippen molar-refractivity contribution in [2.75, 3.05) is 6.54 Å². The fourth-order valence-electron chi connectivity index (χ4n) is 1.10. The van der Waals surface area contributed by atoms with E-state index in [2.05, 4.69) is 0 Å². The molecule has 1 atom stereocenters. The molecule has 1 saturated heterocycles. The number of nitriles is 1. The van der Waals surface area contributed by atoms with Crippen molar-refractivity contribution >= 4 is 11.9 Å². The molecule has 1 N–H and O–H groups in total. The van der Waals surface area contributed by atoms with Crippen molar-refractivity contribution in [2.45, 2.75) is 18.6 Å². The van der Waals surface area contributed by atoms with Crippen LogP contribution in [0.3, 0.4) is 0 Å². The molecule has 8 heteroatoms. The van der Waals surface area contributed by atoms with Crippen LogP contribution in [0.5, 0.6) is 0 Å². The van der Waals surface area contributed by atoms with Gasteiger partial charge in [-0.05, 0) is 6.92 Å². The second kappa shape index (κ2) is 3.12. The standard InChI is InChI=1S/C7H6F3N3O2/c1-6(7(8,9)10)4(14)13(3-2-11)5(15)12-6/h3H2,1H3,(H,12,15). The number of nitrogens with zero attached hydrogens (tertiary/aromatic N) is 2. The summed E-state index contributed by atoms with van der Waals surface area (Å²) in [6.07, 6.45) is -4.88. The first-order chi connectivity index (χ1) is 6.74. The summed E-state index contributed by atoms with van der Waals surface area (Å²) in [5.74, 6) is -1.46. The molecule has 0 aromatic heterocycles. The predicted molar refractivity (Wildman–Crippen MR) is 40.3 cm³/mol. The van der Waals surface area contributed by atoms with Crippen LogP contribution in [-0.2, 0) is 4.79 Å². The van der Waals surface area contributed by atoms with Crippen LogP contribution in [0, 0.1) is 11.3 Å². The first-order valence-electron chi connectivity index (χ1n) is 3.82. The molecule has 1 unspecified atom stereocenters. The van der Waals surface area contributed by atoms with Crippen LogP contribution >= 0.6 is 0 Å². The molecule has 5 nitrogen and oxygen atoms in total. The number of imide groups is 1. The number of alkyl halides is 3. The van der Waals surface area contributed by atoms with Gasteiger partial charge in [0.25, 0.3) is 5.91 Å². The van der Waals surface area contributed by atoms with Crippen molar-refractivity contribution in [1.29, 1.82) is 5.26 Å². The molecule has 1 rings (SSSR count). The quantitative estimate of drug-likeness (QED) is 0.514. The van der Waals surface area contributed by atoms with Gasteiger partial charge in [-0.1, -0.05) is 0 Å².